The van der Waals surface area contributed by atoms with Crippen LogP contribution in [0.2, 0.25) is 0 Å². The van der Waals surface area contributed by atoms with Gasteiger partial charge in [0.1, 0.15) is 5.78 Å². The largest absolute Gasteiger partial charge is 0.299 e. The van der Waals surface area contributed by atoms with Crippen LogP contribution < -0.4 is 0 Å². The predicted octanol–water partition coefficient (Wildman–Crippen LogP) is 3.82. The fourth-order valence-electron chi connectivity index (χ4n) is 4.30. The fourth-order valence-corrected chi connectivity index (χ4v) is 4.30. The SMILES string of the molecule is CC1(C)CC2C(=O)CCC3CC3CCC21C. The third kappa shape index (κ3) is 1.33. The Morgan fingerprint density at radius 1 is 1.12 bits per heavy atom. The minimum atomic E-state index is 0.307. The second-order valence-electron chi connectivity index (χ2n) is 7.36. The Bertz CT molecular complexity index is 330. The maximum atomic E-state index is 12.2. The van der Waals surface area contributed by atoms with Crippen LogP contribution in [-0.4, -0.2) is 5.78 Å². The number of Topliss-reactive ketones (excluding diaryl/α,β-unsaturated/α-hetero) is 1. The van der Waals surface area contributed by atoms with Gasteiger partial charge in [-0.25, -0.2) is 0 Å². The Hall–Kier alpha value is -0.330. The molecule has 0 aliphatic heterocycles. The number of rotatable bonds is 0. The zero-order chi connectivity index (χ0) is 11.6. The summed E-state index contributed by atoms with van der Waals surface area (Å²) in [5, 5.41) is 0. The van der Waals surface area contributed by atoms with Gasteiger partial charge < -0.3 is 0 Å². The van der Waals surface area contributed by atoms with E-state index in [1.807, 2.05) is 0 Å². The van der Waals surface area contributed by atoms with E-state index in [4.69, 9.17) is 0 Å². The summed E-state index contributed by atoms with van der Waals surface area (Å²) in [5.41, 5.74) is 0.698. The first kappa shape index (κ1) is 10.8. The molecule has 16 heavy (non-hydrogen) atoms. The Morgan fingerprint density at radius 3 is 2.50 bits per heavy atom. The molecule has 90 valence electrons. The van der Waals surface area contributed by atoms with E-state index < -0.39 is 0 Å². The second kappa shape index (κ2) is 3.11. The van der Waals surface area contributed by atoms with E-state index >= 15 is 0 Å². The lowest BCUT2D eigenvalue weighted by Crippen LogP contribution is -2.56. The lowest BCUT2D eigenvalue weighted by molar-refractivity contribution is -0.156. The summed E-state index contributed by atoms with van der Waals surface area (Å²) in [5.74, 6) is 2.85. The van der Waals surface area contributed by atoms with Crippen LogP contribution in [0.25, 0.3) is 0 Å². The Morgan fingerprint density at radius 2 is 1.81 bits per heavy atom. The van der Waals surface area contributed by atoms with E-state index in [1.165, 1.54) is 25.7 Å². The number of ketones is 1. The molecular formula is C15H24O. The van der Waals surface area contributed by atoms with Gasteiger partial charge in [0, 0.05) is 12.3 Å². The first-order valence-corrected chi connectivity index (χ1v) is 6.97. The van der Waals surface area contributed by atoms with Crippen LogP contribution >= 0.6 is 0 Å². The molecule has 0 spiro atoms. The molecule has 0 N–H and O–H groups in total. The van der Waals surface area contributed by atoms with Crippen LogP contribution in [-0.2, 0) is 4.79 Å². The van der Waals surface area contributed by atoms with Crippen LogP contribution in [0.15, 0.2) is 0 Å². The Kier molecular flexibility index (Phi) is 2.10. The highest BCUT2D eigenvalue weighted by atomic mass is 16.1. The van der Waals surface area contributed by atoms with Crippen molar-refractivity contribution in [3.8, 4) is 0 Å². The van der Waals surface area contributed by atoms with Gasteiger partial charge in [0.05, 0.1) is 0 Å². The molecule has 0 aromatic rings. The first-order valence-electron chi connectivity index (χ1n) is 6.97. The summed E-state index contributed by atoms with van der Waals surface area (Å²) >= 11 is 0. The highest BCUT2D eigenvalue weighted by Crippen LogP contribution is 2.65. The van der Waals surface area contributed by atoms with Crippen molar-refractivity contribution in [2.45, 2.75) is 59.3 Å². The van der Waals surface area contributed by atoms with E-state index in [1.54, 1.807) is 0 Å². The molecule has 3 aliphatic rings. The van der Waals surface area contributed by atoms with Crippen molar-refractivity contribution >= 4 is 5.78 Å². The summed E-state index contributed by atoms with van der Waals surface area (Å²) in [6.45, 7) is 7.10. The second-order valence-corrected chi connectivity index (χ2v) is 7.36. The number of carbonyl (C=O) groups excluding carboxylic acids is 1. The van der Waals surface area contributed by atoms with Crippen molar-refractivity contribution in [3.05, 3.63) is 0 Å². The van der Waals surface area contributed by atoms with Crippen molar-refractivity contribution in [3.63, 3.8) is 0 Å². The van der Waals surface area contributed by atoms with E-state index in [9.17, 15) is 4.79 Å². The molecule has 3 aliphatic carbocycles. The van der Waals surface area contributed by atoms with E-state index in [0.29, 0.717) is 22.5 Å². The first-order chi connectivity index (χ1) is 7.44. The molecule has 4 atom stereocenters. The maximum absolute atomic E-state index is 12.2. The average molecular weight is 220 g/mol. The number of fused-ring (bicyclic) bond motifs is 2. The van der Waals surface area contributed by atoms with Crippen molar-refractivity contribution < 1.29 is 4.79 Å². The lowest BCUT2D eigenvalue weighted by atomic mass is 9.43. The van der Waals surface area contributed by atoms with Gasteiger partial charge in [-0.1, -0.05) is 20.8 Å². The summed E-state index contributed by atoms with van der Waals surface area (Å²) in [7, 11) is 0. The molecule has 0 aromatic heterocycles. The molecule has 0 heterocycles. The molecule has 4 unspecified atom stereocenters. The average Bonchev–Trinajstić information content (AvgIpc) is 2.97. The zero-order valence-electron chi connectivity index (χ0n) is 10.9. The highest BCUT2D eigenvalue weighted by Gasteiger charge is 2.60. The Balaban J connectivity index is 1.84. The normalized spacial score (nSPS) is 50.2. The van der Waals surface area contributed by atoms with Crippen molar-refractivity contribution in [2.24, 2.45) is 28.6 Å². The van der Waals surface area contributed by atoms with Gasteiger partial charge in [-0.2, -0.15) is 0 Å². The molecule has 3 saturated carbocycles. The third-order valence-electron chi connectivity index (χ3n) is 6.28. The van der Waals surface area contributed by atoms with Crippen LogP contribution in [0.5, 0.6) is 0 Å². The predicted molar refractivity (Wildman–Crippen MR) is 65.1 cm³/mol. The molecular weight excluding hydrogens is 196 g/mol. The van der Waals surface area contributed by atoms with Gasteiger partial charge in [-0.3, -0.25) is 4.79 Å². The summed E-state index contributed by atoms with van der Waals surface area (Å²) in [4.78, 5) is 12.2. The van der Waals surface area contributed by atoms with E-state index in [2.05, 4.69) is 20.8 Å². The number of hydrogen-bond acceptors (Lipinski definition) is 1. The smallest absolute Gasteiger partial charge is 0.136 e. The summed E-state index contributed by atoms with van der Waals surface area (Å²) in [6.07, 6.45) is 7.28. The van der Waals surface area contributed by atoms with Crippen molar-refractivity contribution in [1.29, 1.82) is 0 Å². The van der Waals surface area contributed by atoms with Gasteiger partial charge in [0.15, 0.2) is 0 Å². The molecule has 0 saturated heterocycles. The zero-order valence-corrected chi connectivity index (χ0v) is 10.9. The standard InChI is InChI=1S/C15H24O/c1-14(2)9-12-13(16)5-4-10-8-11(10)6-7-15(12,14)3/h10-12H,4-9H2,1-3H3. The monoisotopic (exact) mass is 220 g/mol. The van der Waals surface area contributed by atoms with Crippen molar-refractivity contribution in [2.75, 3.05) is 0 Å². The Labute approximate surface area is 99.0 Å². The van der Waals surface area contributed by atoms with Gasteiger partial charge in [0.2, 0.25) is 0 Å². The van der Waals surface area contributed by atoms with Crippen LogP contribution in [0, 0.1) is 28.6 Å². The number of hydrogen-bond donors (Lipinski definition) is 0. The molecule has 3 rings (SSSR count). The lowest BCUT2D eigenvalue weighted by Gasteiger charge is -2.60. The van der Waals surface area contributed by atoms with Crippen LogP contribution in [0.4, 0.5) is 0 Å². The quantitative estimate of drug-likeness (QED) is 0.606. The van der Waals surface area contributed by atoms with E-state index in [0.717, 1.165) is 24.7 Å². The van der Waals surface area contributed by atoms with Crippen LogP contribution in [0.3, 0.4) is 0 Å². The van der Waals surface area contributed by atoms with E-state index in [-0.39, 0.29) is 0 Å². The fraction of sp³-hybridized carbons (Fsp3) is 0.933. The molecule has 0 bridgehead atoms. The topological polar surface area (TPSA) is 17.1 Å². The van der Waals surface area contributed by atoms with Gasteiger partial charge in [-0.15, -0.1) is 0 Å². The molecule has 1 heteroatoms. The third-order valence-corrected chi connectivity index (χ3v) is 6.28. The molecule has 0 aromatic carbocycles. The van der Waals surface area contributed by atoms with Crippen LogP contribution in [0.1, 0.15) is 59.3 Å². The highest BCUT2D eigenvalue weighted by molar-refractivity contribution is 5.83. The minimum absolute atomic E-state index is 0.307. The molecule has 1 nitrogen and oxygen atoms in total. The molecule has 0 radical (unpaired) electrons. The van der Waals surface area contributed by atoms with Crippen molar-refractivity contribution in [1.82, 2.24) is 0 Å². The summed E-state index contributed by atoms with van der Waals surface area (Å²) < 4.78 is 0. The van der Waals surface area contributed by atoms with Gasteiger partial charge in [0.25, 0.3) is 0 Å². The van der Waals surface area contributed by atoms with Gasteiger partial charge >= 0.3 is 0 Å². The molecule has 3 fully saturated rings. The van der Waals surface area contributed by atoms with Gasteiger partial charge in [-0.05, 0) is 54.8 Å². The molecule has 0 amide bonds. The maximum Gasteiger partial charge on any atom is 0.136 e. The number of carbonyl (C=O) groups is 1. The minimum Gasteiger partial charge on any atom is -0.299 e. The summed E-state index contributed by atoms with van der Waals surface area (Å²) in [6, 6.07) is 0.